The first-order valence-corrected chi connectivity index (χ1v) is 8.40. The van der Waals surface area contributed by atoms with Crippen LogP contribution in [0, 0.1) is 32.4 Å². The Morgan fingerprint density at radius 2 is 1.67 bits per heavy atom. The Labute approximate surface area is 156 Å². The van der Waals surface area contributed by atoms with Gasteiger partial charge in [0, 0.05) is 18.0 Å². The maximum absolute atomic E-state index is 13.8. The molecule has 1 heterocycles. The van der Waals surface area contributed by atoms with Gasteiger partial charge in [-0.15, -0.1) is 0 Å². The van der Waals surface area contributed by atoms with Crippen molar-refractivity contribution in [3.63, 3.8) is 0 Å². The Morgan fingerprint density at radius 3 is 2.33 bits per heavy atom. The number of carbonyl (C=O) groups excluding carboxylic acids is 1. The Bertz CT molecular complexity index is 995. The minimum Gasteiger partial charge on any atom is -0.352 e. The fourth-order valence-corrected chi connectivity index (χ4v) is 2.94. The van der Waals surface area contributed by atoms with E-state index in [9.17, 15) is 13.6 Å². The van der Waals surface area contributed by atoms with Gasteiger partial charge >= 0.3 is 0 Å². The first kappa shape index (κ1) is 18.5. The van der Waals surface area contributed by atoms with Gasteiger partial charge in [-0.25, -0.2) is 8.78 Å². The molecule has 1 amide bonds. The second kappa shape index (κ2) is 7.53. The zero-order chi connectivity index (χ0) is 19.6. The van der Waals surface area contributed by atoms with Crippen molar-refractivity contribution in [3.05, 3.63) is 82.7 Å². The number of halogens is 2. The number of nitrogens with one attached hydrogen (secondary N) is 2. The largest absolute Gasteiger partial charge is 0.352 e. The molecule has 0 saturated carbocycles. The second-order valence-corrected chi connectivity index (χ2v) is 6.44. The van der Waals surface area contributed by atoms with Gasteiger partial charge < -0.3 is 10.6 Å². The average Bonchev–Trinajstić information content (AvgIpc) is 2.60. The molecule has 0 fully saturated rings. The maximum Gasteiger partial charge on any atom is 0.257 e. The minimum absolute atomic E-state index is 0.0981. The molecule has 138 valence electrons. The number of rotatable bonds is 4. The van der Waals surface area contributed by atoms with Gasteiger partial charge in [0.05, 0.1) is 23.1 Å². The number of amides is 1. The number of nitrogens with zero attached hydrogens (tertiary/aromatic N) is 1. The van der Waals surface area contributed by atoms with Gasteiger partial charge in [0.2, 0.25) is 0 Å². The molecule has 3 rings (SSSR count). The molecule has 0 saturated heterocycles. The quantitative estimate of drug-likeness (QED) is 0.659. The van der Waals surface area contributed by atoms with Crippen LogP contribution in [0.5, 0.6) is 0 Å². The van der Waals surface area contributed by atoms with E-state index in [-0.39, 0.29) is 11.6 Å². The van der Waals surface area contributed by atoms with E-state index >= 15 is 0 Å². The highest BCUT2D eigenvalue weighted by Crippen LogP contribution is 2.24. The maximum atomic E-state index is 13.8. The summed E-state index contributed by atoms with van der Waals surface area (Å²) < 4.78 is 26.8. The number of hydrogen-bond donors (Lipinski definition) is 2. The molecule has 0 aliphatic rings. The number of aromatic nitrogens is 1. The van der Waals surface area contributed by atoms with Crippen LogP contribution < -0.4 is 10.6 Å². The Hall–Kier alpha value is -3.28. The van der Waals surface area contributed by atoms with Crippen molar-refractivity contribution in [2.75, 3.05) is 10.6 Å². The third-order valence-corrected chi connectivity index (χ3v) is 4.13. The zero-order valence-corrected chi connectivity index (χ0v) is 15.2. The molecular formula is C21H19F2N3O. The average molecular weight is 367 g/mol. The smallest absolute Gasteiger partial charge is 0.257 e. The zero-order valence-electron chi connectivity index (χ0n) is 15.2. The topological polar surface area (TPSA) is 54.0 Å². The van der Waals surface area contributed by atoms with Crippen molar-refractivity contribution in [2.45, 2.75) is 20.8 Å². The van der Waals surface area contributed by atoms with Crippen molar-refractivity contribution in [2.24, 2.45) is 0 Å². The standard InChI is InChI=1S/C21H19F2N3O/c1-12-6-13(2)20(14(3)7-12)26-21(27)15-8-17(11-24-10-15)25-19-5-4-16(22)9-18(19)23/h4-11,25H,1-3H3,(H,26,27). The monoisotopic (exact) mass is 367 g/mol. The van der Waals surface area contributed by atoms with Crippen LogP contribution in [0.1, 0.15) is 27.0 Å². The first-order chi connectivity index (χ1) is 12.8. The fraction of sp³-hybridized carbons (Fsp3) is 0.143. The summed E-state index contributed by atoms with van der Waals surface area (Å²) in [4.78, 5) is 16.6. The lowest BCUT2D eigenvalue weighted by atomic mass is 10.0. The van der Waals surface area contributed by atoms with Crippen LogP contribution in [-0.4, -0.2) is 10.9 Å². The number of benzene rings is 2. The first-order valence-electron chi connectivity index (χ1n) is 8.40. The number of hydrogen-bond acceptors (Lipinski definition) is 3. The highest BCUT2D eigenvalue weighted by molar-refractivity contribution is 6.05. The van der Waals surface area contributed by atoms with E-state index in [2.05, 4.69) is 15.6 Å². The molecule has 2 aromatic carbocycles. The minimum atomic E-state index is -0.726. The van der Waals surface area contributed by atoms with E-state index in [1.165, 1.54) is 18.5 Å². The summed E-state index contributed by atoms with van der Waals surface area (Å²) >= 11 is 0. The van der Waals surface area contributed by atoms with Gasteiger partial charge in [-0.1, -0.05) is 17.7 Å². The molecular weight excluding hydrogens is 348 g/mol. The van der Waals surface area contributed by atoms with Crippen LogP contribution in [-0.2, 0) is 0 Å². The number of pyridine rings is 1. The van der Waals surface area contributed by atoms with Gasteiger partial charge in [-0.05, 0) is 50.1 Å². The third kappa shape index (κ3) is 4.28. The Balaban J connectivity index is 1.82. The normalized spacial score (nSPS) is 10.6. The van der Waals surface area contributed by atoms with E-state index in [0.717, 1.165) is 34.5 Å². The molecule has 6 heteroatoms. The van der Waals surface area contributed by atoms with Crippen molar-refractivity contribution >= 4 is 23.0 Å². The molecule has 0 radical (unpaired) electrons. The summed E-state index contributed by atoms with van der Waals surface area (Å²) in [6, 6.07) is 8.78. The highest BCUT2D eigenvalue weighted by atomic mass is 19.1. The molecule has 0 aliphatic carbocycles. The van der Waals surface area contributed by atoms with E-state index in [4.69, 9.17) is 0 Å². The van der Waals surface area contributed by atoms with Crippen LogP contribution in [0.3, 0.4) is 0 Å². The van der Waals surface area contributed by atoms with Crippen molar-refractivity contribution in [1.29, 1.82) is 0 Å². The summed E-state index contributed by atoms with van der Waals surface area (Å²) in [5, 5.41) is 5.71. The number of anilines is 3. The van der Waals surface area contributed by atoms with Crippen LogP contribution in [0.15, 0.2) is 48.8 Å². The van der Waals surface area contributed by atoms with Crippen LogP contribution in [0.2, 0.25) is 0 Å². The van der Waals surface area contributed by atoms with Gasteiger partial charge in [-0.2, -0.15) is 0 Å². The van der Waals surface area contributed by atoms with Gasteiger partial charge in [0.1, 0.15) is 11.6 Å². The molecule has 1 aromatic heterocycles. The van der Waals surface area contributed by atoms with Crippen molar-refractivity contribution < 1.29 is 13.6 Å². The van der Waals surface area contributed by atoms with Gasteiger partial charge in [-0.3, -0.25) is 9.78 Å². The van der Waals surface area contributed by atoms with Crippen molar-refractivity contribution in [3.8, 4) is 0 Å². The van der Waals surface area contributed by atoms with E-state index in [1.54, 1.807) is 6.07 Å². The summed E-state index contributed by atoms with van der Waals surface area (Å²) in [5.41, 5.74) is 4.66. The van der Waals surface area contributed by atoms with Gasteiger partial charge in [0.25, 0.3) is 5.91 Å². The molecule has 0 unspecified atom stereocenters. The van der Waals surface area contributed by atoms with Crippen LogP contribution >= 0.6 is 0 Å². The molecule has 27 heavy (non-hydrogen) atoms. The number of aryl methyl sites for hydroxylation is 3. The van der Waals surface area contributed by atoms with Crippen molar-refractivity contribution in [1.82, 2.24) is 4.98 Å². The third-order valence-electron chi connectivity index (χ3n) is 4.13. The molecule has 4 nitrogen and oxygen atoms in total. The molecule has 0 bridgehead atoms. The SMILES string of the molecule is Cc1cc(C)c(NC(=O)c2cncc(Nc3ccc(F)cc3F)c2)c(C)c1. The van der Waals surface area contributed by atoms with Crippen LogP contribution in [0.25, 0.3) is 0 Å². The molecule has 0 aliphatic heterocycles. The summed E-state index contributed by atoms with van der Waals surface area (Å²) in [7, 11) is 0. The summed E-state index contributed by atoms with van der Waals surface area (Å²) in [5.74, 6) is -1.70. The molecule has 0 atom stereocenters. The lowest BCUT2D eigenvalue weighted by molar-refractivity contribution is 0.102. The Kier molecular flexibility index (Phi) is 5.16. The number of carbonyl (C=O) groups is 1. The predicted octanol–water partition coefficient (Wildman–Crippen LogP) is 5.28. The molecule has 3 aromatic rings. The van der Waals surface area contributed by atoms with E-state index in [1.807, 2.05) is 32.9 Å². The Morgan fingerprint density at radius 1 is 0.963 bits per heavy atom. The highest BCUT2D eigenvalue weighted by Gasteiger charge is 2.12. The summed E-state index contributed by atoms with van der Waals surface area (Å²) in [6.07, 6.45) is 2.89. The van der Waals surface area contributed by atoms with Crippen LogP contribution in [0.4, 0.5) is 25.8 Å². The summed E-state index contributed by atoms with van der Waals surface area (Å²) in [6.45, 7) is 5.87. The second-order valence-electron chi connectivity index (χ2n) is 6.44. The lowest BCUT2D eigenvalue weighted by Crippen LogP contribution is -2.14. The van der Waals surface area contributed by atoms with Gasteiger partial charge in [0.15, 0.2) is 0 Å². The molecule has 0 spiro atoms. The van der Waals surface area contributed by atoms with E-state index < -0.39 is 11.6 Å². The predicted molar refractivity (Wildman–Crippen MR) is 102 cm³/mol. The molecule has 2 N–H and O–H groups in total. The fourth-order valence-electron chi connectivity index (χ4n) is 2.94. The lowest BCUT2D eigenvalue weighted by Gasteiger charge is -2.13. The van der Waals surface area contributed by atoms with E-state index in [0.29, 0.717) is 11.3 Å².